The fraction of sp³-hybridized carbons (Fsp3) is 0.692. The lowest BCUT2D eigenvalue weighted by atomic mass is 10.0. The summed E-state index contributed by atoms with van der Waals surface area (Å²) in [7, 11) is 0. The molecule has 0 aromatic carbocycles. The molecule has 2 rings (SSSR count). The molecule has 1 aliphatic rings. The molecule has 0 amide bonds. The standard InChI is InChI=1S/C13H21ClN2S/c1-10(2)12-9-16(8-6-15-12)7-5-11-3-4-13(14)17-11/h3-4,10,12,15H,5-9H2,1-2H3. The monoisotopic (exact) mass is 272 g/mol. The molecule has 1 saturated heterocycles. The van der Waals surface area contributed by atoms with E-state index in [0.717, 1.165) is 23.8 Å². The van der Waals surface area contributed by atoms with Gasteiger partial charge in [-0.25, -0.2) is 0 Å². The van der Waals surface area contributed by atoms with Gasteiger partial charge in [0.2, 0.25) is 0 Å². The van der Waals surface area contributed by atoms with Crippen molar-refractivity contribution in [3.63, 3.8) is 0 Å². The van der Waals surface area contributed by atoms with Crippen LogP contribution in [0.1, 0.15) is 18.7 Å². The van der Waals surface area contributed by atoms with E-state index < -0.39 is 0 Å². The molecule has 1 aliphatic heterocycles. The summed E-state index contributed by atoms with van der Waals surface area (Å²) in [4.78, 5) is 3.96. The van der Waals surface area contributed by atoms with Crippen LogP contribution in [0.2, 0.25) is 4.34 Å². The number of rotatable bonds is 4. The minimum Gasteiger partial charge on any atom is -0.311 e. The van der Waals surface area contributed by atoms with Crippen molar-refractivity contribution in [3.8, 4) is 0 Å². The van der Waals surface area contributed by atoms with Gasteiger partial charge < -0.3 is 10.2 Å². The molecule has 1 atom stereocenters. The molecule has 1 N–H and O–H groups in total. The van der Waals surface area contributed by atoms with Crippen LogP contribution in [0.5, 0.6) is 0 Å². The van der Waals surface area contributed by atoms with Gasteiger partial charge in [0.1, 0.15) is 0 Å². The maximum Gasteiger partial charge on any atom is 0.0931 e. The van der Waals surface area contributed by atoms with Gasteiger partial charge in [0, 0.05) is 37.1 Å². The van der Waals surface area contributed by atoms with Gasteiger partial charge >= 0.3 is 0 Å². The first-order chi connectivity index (χ1) is 8.15. The predicted molar refractivity (Wildman–Crippen MR) is 76.1 cm³/mol. The van der Waals surface area contributed by atoms with Crippen LogP contribution in [0, 0.1) is 5.92 Å². The summed E-state index contributed by atoms with van der Waals surface area (Å²) in [5, 5.41) is 3.59. The Labute approximate surface area is 113 Å². The van der Waals surface area contributed by atoms with Gasteiger partial charge in [0.25, 0.3) is 0 Å². The third-order valence-electron chi connectivity index (χ3n) is 3.40. The van der Waals surface area contributed by atoms with Crippen molar-refractivity contribution in [3.05, 3.63) is 21.3 Å². The maximum atomic E-state index is 5.94. The number of thiophene rings is 1. The summed E-state index contributed by atoms with van der Waals surface area (Å²) in [5.74, 6) is 0.717. The zero-order valence-electron chi connectivity index (χ0n) is 10.6. The molecule has 1 aromatic rings. The largest absolute Gasteiger partial charge is 0.311 e. The van der Waals surface area contributed by atoms with Gasteiger partial charge in [-0.3, -0.25) is 0 Å². The molecule has 1 unspecified atom stereocenters. The van der Waals surface area contributed by atoms with Gasteiger partial charge in [-0.2, -0.15) is 0 Å². The highest BCUT2D eigenvalue weighted by atomic mass is 35.5. The SMILES string of the molecule is CC(C)C1CN(CCc2ccc(Cl)s2)CCN1. The first kappa shape index (κ1) is 13.3. The Kier molecular flexibility index (Phi) is 4.86. The van der Waals surface area contributed by atoms with Crippen molar-refractivity contribution in [2.75, 3.05) is 26.2 Å². The highest BCUT2D eigenvalue weighted by Gasteiger charge is 2.21. The molecule has 4 heteroatoms. The quantitative estimate of drug-likeness (QED) is 0.907. The fourth-order valence-electron chi connectivity index (χ4n) is 2.25. The third-order valence-corrected chi connectivity index (χ3v) is 4.69. The summed E-state index contributed by atoms with van der Waals surface area (Å²) in [6.45, 7) is 9.20. The molecule has 1 aromatic heterocycles. The molecular formula is C13H21ClN2S. The van der Waals surface area contributed by atoms with E-state index in [2.05, 4.69) is 30.1 Å². The van der Waals surface area contributed by atoms with Gasteiger partial charge in [0.05, 0.1) is 4.34 Å². The van der Waals surface area contributed by atoms with Crippen LogP contribution in [0.4, 0.5) is 0 Å². The predicted octanol–water partition coefficient (Wildman–Crippen LogP) is 2.87. The van der Waals surface area contributed by atoms with Crippen molar-refractivity contribution >= 4 is 22.9 Å². The van der Waals surface area contributed by atoms with Crippen molar-refractivity contribution in [1.82, 2.24) is 10.2 Å². The third kappa shape index (κ3) is 3.95. The zero-order chi connectivity index (χ0) is 12.3. The number of hydrogen-bond donors (Lipinski definition) is 1. The lowest BCUT2D eigenvalue weighted by Gasteiger charge is -2.35. The van der Waals surface area contributed by atoms with Crippen LogP contribution in [-0.2, 0) is 6.42 Å². The van der Waals surface area contributed by atoms with Crippen LogP contribution in [0.3, 0.4) is 0 Å². The van der Waals surface area contributed by atoms with Gasteiger partial charge in [0.15, 0.2) is 0 Å². The second-order valence-corrected chi connectivity index (χ2v) is 6.86. The molecule has 17 heavy (non-hydrogen) atoms. The second-order valence-electron chi connectivity index (χ2n) is 5.06. The van der Waals surface area contributed by atoms with Crippen molar-refractivity contribution in [2.24, 2.45) is 5.92 Å². The summed E-state index contributed by atoms with van der Waals surface area (Å²) in [5.41, 5.74) is 0. The number of piperazine rings is 1. The van der Waals surface area contributed by atoms with Crippen LogP contribution in [0.25, 0.3) is 0 Å². The van der Waals surface area contributed by atoms with Gasteiger partial charge in [-0.15, -0.1) is 11.3 Å². The van der Waals surface area contributed by atoms with Gasteiger partial charge in [-0.05, 0) is 24.5 Å². The van der Waals surface area contributed by atoms with E-state index in [4.69, 9.17) is 11.6 Å². The van der Waals surface area contributed by atoms with Crippen LogP contribution < -0.4 is 5.32 Å². The fourth-order valence-corrected chi connectivity index (χ4v) is 3.32. The van der Waals surface area contributed by atoms with Crippen molar-refractivity contribution in [1.29, 1.82) is 0 Å². The van der Waals surface area contributed by atoms with E-state index in [1.165, 1.54) is 18.0 Å². The van der Waals surface area contributed by atoms with Crippen molar-refractivity contribution in [2.45, 2.75) is 26.3 Å². The number of nitrogens with zero attached hydrogens (tertiary/aromatic N) is 1. The average Bonchev–Trinajstić information content (AvgIpc) is 2.73. The molecule has 0 bridgehead atoms. The molecule has 96 valence electrons. The van der Waals surface area contributed by atoms with E-state index >= 15 is 0 Å². The molecule has 0 spiro atoms. The summed E-state index contributed by atoms with van der Waals surface area (Å²) in [6.07, 6.45) is 1.13. The number of hydrogen-bond acceptors (Lipinski definition) is 3. The van der Waals surface area contributed by atoms with Gasteiger partial charge in [-0.1, -0.05) is 25.4 Å². The smallest absolute Gasteiger partial charge is 0.0931 e. The summed E-state index contributed by atoms with van der Waals surface area (Å²) < 4.78 is 0.903. The van der Waals surface area contributed by atoms with Crippen LogP contribution in [0.15, 0.2) is 12.1 Å². The molecule has 2 nitrogen and oxygen atoms in total. The topological polar surface area (TPSA) is 15.3 Å². The van der Waals surface area contributed by atoms with E-state index in [0.29, 0.717) is 12.0 Å². The van der Waals surface area contributed by atoms with Crippen LogP contribution in [-0.4, -0.2) is 37.1 Å². The highest BCUT2D eigenvalue weighted by molar-refractivity contribution is 7.16. The minimum absolute atomic E-state index is 0.649. The lowest BCUT2D eigenvalue weighted by molar-refractivity contribution is 0.177. The summed E-state index contributed by atoms with van der Waals surface area (Å²) in [6, 6.07) is 4.79. The second kappa shape index (κ2) is 6.19. The Balaban J connectivity index is 1.79. The Bertz CT molecular complexity index is 351. The highest BCUT2D eigenvalue weighted by Crippen LogP contribution is 2.22. The first-order valence-corrected chi connectivity index (χ1v) is 7.54. The van der Waals surface area contributed by atoms with E-state index in [1.807, 2.05) is 6.07 Å². The molecular weight excluding hydrogens is 252 g/mol. The maximum absolute atomic E-state index is 5.94. The Hall–Kier alpha value is -0.0900. The number of halogens is 1. The Morgan fingerprint density at radius 2 is 2.35 bits per heavy atom. The number of nitrogens with one attached hydrogen (secondary N) is 1. The van der Waals surface area contributed by atoms with E-state index in [-0.39, 0.29) is 0 Å². The Morgan fingerprint density at radius 3 is 3.00 bits per heavy atom. The van der Waals surface area contributed by atoms with E-state index in [9.17, 15) is 0 Å². The zero-order valence-corrected chi connectivity index (χ0v) is 12.2. The van der Waals surface area contributed by atoms with Crippen LogP contribution >= 0.6 is 22.9 Å². The molecule has 0 aliphatic carbocycles. The van der Waals surface area contributed by atoms with E-state index in [1.54, 1.807) is 11.3 Å². The molecule has 0 radical (unpaired) electrons. The molecule has 2 heterocycles. The molecule has 0 saturated carbocycles. The summed E-state index contributed by atoms with van der Waals surface area (Å²) >= 11 is 7.65. The normalized spacial score (nSPS) is 22.2. The minimum atomic E-state index is 0.649. The molecule has 1 fully saturated rings. The average molecular weight is 273 g/mol. The van der Waals surface area contributed by atoms with Crippen molar-refractivity contribution < 1.29 is 0 Å². The Morgan fingerprint density at radius 1 is 1.53 bits per heavy atom. The first-order valence-electron chi connectivity index (χ1n) is 6.35. The lowest BCUT2D eigenvalue weighted by Crippen LogP contribution is -2.53.